The van der Waals surface area contributed by atoms with Gasteiger partial charge in [-0.05, 0) is 23.7 Å². The number of benzene rings is 1. The highest BCUT2D eigenvalue weighted by molar-refractivity contribution is 7.06. The predicted octanol–water partition coefficient (Wildman–Crippen LogP) is 2.44. The molecule has 0 saturated carbocycles. The van der Waals surface area contributed by atoms with Gasteiger partial charge in [-0.15, -0.1) is 0 Å². The standard InChI is InChI=1S/C10H9FN2OS/c11-7-2-1-3-8(4-7)14-6-10-9(12)5-13-15-10/h1-5H,6,12H2. The van der Waals surface area contributed by atoms with Gasteiger partial charge >= 0.3 is 0 Å². The largest absolute Gasteiger partial charge is 0.488 e. The van der Waals surface area contributed by atoms with Crippen LogP contribution in [0.15, 0.2) is 30.5 Å². The lowest BCUT2D eigenvalue weighted by Crippen LogP contribution is -1.96. The van der Waals surface area contributed by atoms with Crippen molar-refractivity contribution in [2.75, 3.05) is 5.73 Å². The van der Waals surface area contributed by atoms with Gasteiger partial charge in [0.05, 0.1) is 16.8 Å². The van der Waals surface area contributed by atoms with Gasteiger partial charge in [0.25, 0.3) is 0 Å². The molecule has 5 heteroatoms. The number of nitrogens with zero attached hydrogens (tertiary/aromatic N) is 1. The van der Waals surface area contributed by atoms with Crippen molar-refractivity contribution in [2.45, 2.75) is 6.61 Å². The fourth-order valence-electron chi connectivity index (χ4n) is 1.09. The van der Waals surface area contributed by atoms with Crippen LogP contribution in [0.1, 0.15) is 4.88 Å². The summed E-state index contributed by atoms with van der Waals surface area (Å²) in [6.07, 6.45) is 1.58. The molecule has 0 bridgehead atoms. The second-order valence-corrected chi connectivity index (χ2v) is 3.84. The van der Waals surface area contributed by atoms with Crippen LogP contribution < -0.4 is 10.5 Å². The molecule has 0 spiro atoms. The van der Waals surface area contributed by atoms with Crippen LogP contribution in [0.3, 0.4) is 0 Å². The highest BCUT2D eigenvalue weighted by Crippen LogP contribution is 2.19. The van der Waals surface area contributed by atoms with Gasteiger partial charge in [-0.1, -0.05) is 6.07 Å². The number of anilines is 1. The quantitative estimate of drug-likeness (QED) is 0.871. The van der Waals surface area contributed by atoms with Crippen LogP contribution in [-0.2, 0) is 6.61 Å². The molecule has 1 aromatic heterocycles. The summed E-state index contributed by atoms with van der Waals surface area (Å²) in [5.74, 6) is 0.174. The van der Waals surface area contributed by atoms with Crippen molar-refractivity contribution in [1.82, 2.24) is 4.37 Å². The summed E-state index contributed by atoms with van der Waals surface area (Å²) in [5, 5.41) is 0. The SMILES string of the molecule is Nc1cnsc1COc1cccc(F)c1. The number of aromatic nitrogens is 1. The van der Waals surface area contributed by atoms with E-state index in [1.54, 1.807) is 18.3 Å². The monoisotopic (exact) mass is 224 g/mol. The van der Waals surface area contributed by atoms with Gasteiger partial charge in [-0.2, -0.15) is 4.37 Å². The topological polar surface area (TPSA) is 48.1 Å². The first-order chi connectivity index (χ1) is 7.25. The van der Waals surface area contributed by atoms with E-state index >= 15 is 0 Å². The zero-order valence-electron chi connectivity index (χ0n) is 7.81. The van der Waals surface area contributed by atoms with Gasteiger partial charge in [-0.3, -0.25) is 0 Å². The summed E-state index contributed by atoms with van der Waals surface area (Å²) in [4.78, 5) is 0.847. The van der Waals surface area contributed by atoms with Gasteiger partial charge in [0.15, 0.2) is 0 Å². The van der Waals surface area contributed by atoms with Crippen LogP contribution in [0.25, 0.3) is 0 Å². The van der Waals surface area contributed by atoms with Crippen LogP contribution in [0.4, 0.5) is 10.1 Å². The van der Waals surface area contributed by atoms with Gasteiger partial charge in [0.2, 0.25) is 0 Å². The summed E-state index contributed by atoms with van der Waals surface area (Å²) < 4.78 is 22.1. The molecule has 1 aromatic carbocycles. The number of nitrogen functional groups attached to an aromatic ring is 1. The molecule has 0 saturated heterocycles. The van der Waals surface area contributed by atoms with E-state index in [2.05, 4.69) is 4.37 Å². The van der Waals surface area contributed by atoms with Crippen LogP contribution in [0, 0.1) is 5.82 Å². The van der Waals surface area contributed by atoms with Crippen molar-refractivity contribution in [2.24, 2.45) is 0 Å². The number of halogens is 1. The molecule has 3 nitrogen and oxygen atoms in total. The predicted molar refractivity (Wildman–Crippen MR) is 57.3 cm³/mol. The molecule has 0 unspecified atom stereocenters. The second kappa shape index (κ2) is 4.27. The number of hydrogen-bond acceptors (Lipinski definition) is 4. The van der Waals surface area contributed by atoms with Gasteiger partial charge < -0.3 is 10.5 Å². The first-order valence-corrected chi connectivity index (χ1v) is 5.10. The normalized spacial score (nSPS) is 10.2. The van der Waals surface area contributed by atoms with Crippen molar-refractivity contribution in [3.05, 3.63) is 41.2 Å². The van der Waals surface area contributed by atoms with Crippen LogP contribution >= 0.6 is 11.5 Å². The van der Waals surface area contributed by atoms with Crippen molar-refractivity contribution < 1.29 is 9.13 Å². The molecule has 0 radical (unpaired) electrons. The highest BCUT2D eigenvalue weighted by Gasteiger charge is 2.03. The maximum Gasteiger partial charge on any atom is 0.126 e. The zero-order valence-corrected chi connectivity index (χ0v) is 8.63. The maximum atomic E-state index is 12.8. The van der Waals surface area contributed by atoms with E-state index in [-0.39, 0.29) is 5.82 Å². The lowest BCUT2D eigenvalue weighted by atomic mass is 10.3. The van der Waals surface area contributed by atoms with E-state index in [4.69, 9.17) is 10.5 Å². The summed E-state index contributed by atoms with van der Waals surface area (Å²) in [6.45, 7) is 0.319. The Balaban J connectivity index is 2.02. The van der Waals surface area contributed by atoms with E-state index in [1.807, 2.05) is 0 Å². The Morgan fingerprint density at radius 3 is 3.00 bits per heavy atom. The molecule has 2 aromatic rings. The molecule has 0 aliphatic rings. The number of rotatable bonds is 3. The summed E-state index contributed by atoms with van der Waals surface area (Å²) >= 11 is 1.28. The summed E-state index contributed by atoms with van der Waals surface area (Å²) in [7, 11) is 0. The molecule has 2 N–H and O–H groups in total. The minimum Gasteiger partial charge on any atom is -0.488 e. The van der Waals surface area contributed by atoms with Gasteiger partial charge in [0, 0.05) is 6.07 Å². The fourth-order valence-corrected chi connectivity index (χ4v) is 1.65. The maximum absolute atomic E-state index is 12.8. The molecule has 0 atom stereocenters. The molecule has 0 fully saturated rings. The Morgan fingerprint density at radius 1 is 1.47 bits per heavy atom. The Labute approximate surface area is 90.5 Å². The molecular weight excluding hydrogens is 215 g/mol. The molecule has 0 aliphatic heterocycles. The van der Waals surface area contributed by atoms with Gasteiger partial charge in [-0.25, -0.2) is 4.39 Å². The van der Waals surface area contributed by atoms with E-state index in [0.717, 1.165) is 4.88 Å². The smallest absolute Gasteiger partial charge is 0.126 e. The zero-order chi connectivity index (χ0) is 10.7. The molecule has 1 heterocycles. The fraction of sp³-hybridized carbons (Fsp3) is 0.100. The summed E-state index contributed by atoms with van der Waals surface area (Å²) in [6, 6.07) is 5.99. The first-order valence-electron chi connectivity index (χ1n) is 4.33. The highest BCUT2D eigenvalue weighted by atomic mass is 32.1. The van der Waals surface area contributed by atoms with E-state index in [0.29, 0.717) is 18.0 Å². The van der Waals surface area contributed by atoms with Crippen molar-refractivity contribution in [3.63, 3.8) is 0 Å². The Kier molecular flexibility index (Phi) is 2.82. The Hall–Kier alpha value is -1.62. The lowest BCUT2D eigenvalue weighted by molar-refractivity contribution is 0.309. The average Bonchev–Trinajstić information content (AvgIpc) is 2.61. The van der Waals surface area contributed by atoms with E-state index in [9.17, 15) is 4.39 Å². The molecular formula is C10H9FN2OS. The third kappa shape index (κ3) is 2.44. The number of ether oxygens (including phenoxy) is 1. The third-order valence-electron chi connectivity index (χ3n) is 1.84. The van der Waals surface area contributed by atoms with E-state index in [1.165, 1.54) is 23.7 Å². The average molecular weight is 224 g/mol. The Morgan fingerprint density at radius 2 is 2.33 bits per heavy atom. The van der Waals surface area contributed by atoms with Crippen LogP contribution in [0.5, 0.6) is 5.75 Å². The van der Waals surface area contributed by atoms with E-state index < -0.39 is 0 Å². The number of hydrogen-bond donors (Lipinski definition) is 1. The number of nitrogens with two attached hydrogens (primary N) is 1. The van der Waals surface area contributed by atoms with Crippen LogP contribution in [-0.4, -0.2) is 4.37 Å². The first kappa shape index (κ1) is 9.92. The minimum absolute atomic E-state index is 0.315. The third-order valence-corrected chi connectivity index (χ3v) is 2.63. The molecule has 78 valence electrons. The summed E-state index contributed by atoms with van der Waals surface area (Å²) in [5.41, 5.74) is 6.24. The van der Waals surface area contributed by atoms with Crippen LogP contribution in [0.2, 0.25) is 0 Å². The van der Waals surface area contributed by atoms with Gasteiger partial charge in [0.1, 0.15) is 18.2 Å². The Bertz CT molecular complexity index is 458. The van der Waals surface area contributed by atoms with Crippen molar-refractivity contribution in [3.8, 4) is 5.75 Å². The minimum atomic E-state index is -0.315. The lowest BCUT2D eigenvalue weighted by Gasteiger charge is -2.04. The molecule has 2 rings (SSSR count). The second-order valence-electron chi connectivity index (χ2n) is 2.95. The molecule has 0 amide bonds. The van der Waals surface area contributed by atoms with Crippen molar-refractivity contribution >= 4 is 17.2 Å². The van der Waals surface area contributed by atoms with Crippen molar-refractivity contribution in [1.29, 1.82) is 0 Å². The molecule has 15 heavy (non-hydrogen) atoms. The molecule has 0 aliphatic carbocycles.